The van der Waals surface area contributed by atoms with E-state index in [4.69, 9.17) is 5.11 Å². The maximum absolute atomic E-state index is 10.9. The fourth-order valence-corrected chi connectivity index (χ4v) is 1.94. The van der Waals surface area contributed by atoms with Crippen molar-refractivity contribution >= 4 is 28.6 Å². The van der Waals surface area contributed by atoms with Gasteiger partial charge in [-0.2, -0.15) is 0 Å². The van der Waals surface area contributed by atoms with Crippen LogP contribution < -0.4 is 0 Å². The Morgan fingerprint density at radius 3 is 2.71 bits per heavy atom. The molecule has 1 N–H and O–H groups in total. The van der Waals surface area contributed by atoms with Crippen molar-refractivity contribution in [2.45, 2.75) is 26.2 Å². The molecular weight excluding hydrogens is 291 g/mol. The molecular formula is C11H13IO2. The molecule has 14 heavy (non-hydrogen) atoms. The number of hydrogen-bond acceptors (Lipinski definition) is 1. The van der Waals surface area contributed by atoms with Gasteiger partial charge >= 0.3 is 5.97 Å². The van der Waals surface area contributed by atoms with Crippen molar-refractivity contribution in [3.8, 4) is 0 Å². The second kappa shape index (κ2) is 4.77. The Kier molecular flexibility index (Phi) is 3.92. The van der Waals surface area contributed by atoms with Crippen LogP contribution in [-0.2, 0) is 11.2 Å². The van der Waals surface area contributed by atoms with Crippen molar-refractivity contribution in [3.05, 3.63) is 32.9 Å². The molecule has 0 saturated heterocycles. The second-order valence-corrected chi connectivity index (χ2v) is 4.50. The predicted molar refractivity (Wildman–Crippen MR) is 64.6 cm³/mol. The minimum Gasteiger partial charge on any atom is -0.481 e. The quantitative estimate of drug-likeness (QED) is 0.872. The number of carboxylic acids is 1. The van der Waals surface area contributed by atoms with Gasteiger partial charge in [-0.15, -0.1) is 0 Å². The molecule has 0 aliphatic carbocycles. The lowest BCUT2D eigenvalue weighted by Crippen LogP contribution is -2.10. The van der Waals surface area contributed by atoms with Crippen LogP contribution in [0.25, 0.3) is 0 Å². The molecule has 0 aliphatic rings. The van der Waals surface area contributed by atoms with Crippen LogP contribution in [0.4, 0.5) is 0 Å². The standard InChI is InChI=1S/C11H13IO2/c1-3-8-4-5-9(12)6-10(8)7(2)11(13)14/h4-7H,3H2,1-2H3,(H,13,14). The zero-order chi connectivity index (χ0) is 10.7. The lowest BCUT2D eigenvalue weighted by molar-refractivity contribution is -0.138. The lowest BCUT2D eigenvalue weighted by Gasteiger charge is -2.12. The lowest BCUT2D eigenvalue weighted by atomic mass is 9.95. The van der Waals surface area contributed by atoms with E-state index in [-0.39, 0.29) is 0 Å². The molecule has 0 heterocycles. The van der Waals surface area contributed by atoms with Gasteiger partial charge in [-0.05, 0) is 59.2 Å². The molecule has 0 aliphatic heterocycles. The minimum absolute atomic E-state index is 0.417. The summed E-state index contributed by atoms with van der Waals surface area (Å²) in [5, 5.41) is 8.94. The first-order valence-electron chi connectivity index (χ1n) is 4.57. The molecule has 1 rings (SSSR count). The molecule has 0 fully saturated rings. The molecule has 1 aromatic carbocycles. The third-order valence-corrected chi connectivity index (χ3v) is 3.00. The van der Waals surface area contributed by atoms with Gasteiger partial charge in [-0.3, -0.25) is 4.79 Å². The van der Waals surface area contributed by atoms with E-state index in [9.17, 15) is 4.79 Å². The number of rotatable bonds is 3. The van der Waals surface area contributed by atoms with E-state index in [1.165, 1.54) is 0 Å². The summed E-state index contributed by atoms with van der Waals surface area (Å²) in [5.74, 6) is -1.18. The van der Waals surface area contributed by atoms with E-state index in [0.717, 1.165) is 21.1 Å². The second-order valence-electron chi connectivity index (χ2n) is 3.26. The maximum atomic E-state index is 10.9. The van der Waals surface area contributed by atoms with Gasteiger partial charge in [0, 0.05) is 3.57 Å². The first-order chi connectivity index (χ1) is 6.56. The van der Waals surface area contributed by atoms with Crippen molar-refractivity contribution < 1.29 is 9.90 Å². The van der Waals surface area contributed by atoms with Gasteiger partial charge in [0.05, 0.1) is 5.92 Å². The Labute approximate surface area is 97.5 Å². The first kappa shape index (κ1) is 11.5. The SMILES string of the molecule is CCc1ccc(I)cc1C(C)C(=O)O. The molecule has 0 bridgehead atoms. The number of aryl methyl sites for hydroxylation is 1. The Morgan fingerprint density at radius 1 is 1.57 bits per heavy atom. The van der Waals surface area contributed by atoms with Gasteiger partial charge in [0.15, 0.2) is 0 Å². The van der Waals surface area contributed by atoms with E-state index in [1.807, 2.05) is 25.1 Å². The van der Waals surface area contributed by atoms with Crippen LogP contribution in [0.5, 0.6) is 0 Å². The Balaban J connectivity index is 3.16. The number of hydrogen-bond donors (Lipinski definition) is 1. The number of benzene rings is 1. The summed E-state index contributed by atoms with van der Waals surface area (Å²) >= 11 is 2.20. The van der Waals surface area contributed by atoms with Crippen molar-refractivity contribution in [1.82, 2.24) is 0 Å². The number of halogens is 1. The van der Waals surface area contributed by atoms with Gasteiger partial charge in [-0.1, -0.05) is 13.0 Å². The Hall–Kier alpha value is -0.580. The highest BCUT2D eigenvalue weighted by atomic mass is 127. The highest BCUT2D eigenvalue weighted by Gasteiger charge is 2.16. The Morgan fingerprint density at radius 2 is 2.21 bits per heavy atom. The summed E-state index contributed by atoms with van der Waals surface area (Å²) in [4.78, 5) is 10.9. The zero-order valence-electron chi connectivity index (χ0n) is 8.25. The molecule has 2 nitrogen and oxygen atoms in total. The summed E-state index contributed by atoms with van der Waals surface area (Å²) in [5.41, 5.74) is 2.06. The topological polar surface area (TPSA) is 37.3 Å². The smallest absolute Gasteiger partial charge is 0.310 e. The number of carbonyl (C=O) groups is 1. The number of aliphatic carboxylic acids is 1. The van der Waals surface area contributed by atoms with Gasteiger partial charge in [-0.25, -0.2) is 0 Å². The summed E-state index contributed by atoms with van der Waals surface area (Å²) in [6.45, 7) is 3.77. The Bertz CT molecular complexity index is 347. The molecule has 0 spiro atoms. The normalized spacial score (nSPS) is 12.5. The first-order valence-corrected chi connectivity index (χ1v) is 5.65. The van der Waals surface area contributed by atoms with Crippen LogP contribution in [0.3, 0.4) is 0 Å². The van der Waals surface area contributed by atoms with E-state index in [2.05, 4.69) is 22.6 Å². The summed E-state index contributed by atoms with van der Waals surface area (Å²) in [7, 11) is 0. The van der Waals surface area contributed by atoms with Crippen LogP contribution in [0, 0.1) is 3.57 Å². The van der Waals surface area contributed by atoms with E-state index in [0.29, 0.717) is 0 Å². The van der Waals surface area contributed by atoms with E-state index >= 15 is 0 Å². The highest BCUT2D eigenvalue weighted by Crippen LogP contribution is 2.23. The largest absolute Gasteiger partial charge is 0.481 e. The molecule has 76 valence electrons. The predicted octanol–water partition coefficient (Wildman–Crippen LogP) is 3.04. The van der Waals surface area contributed by atoms with Crippen molar-refractivity contribution in [3.63, 3.8) is 0 Å². The van der Waals surface area contributed by atoms with Gasteiger partial charge in [0.25, 0.3) is 0 Å². The monoisotopic (exact) mass is 304 g/mol. The van der Waals surface area contributed by atoms with Crippen LogP contribution in [-0.4, -0.2) is 11.1 Å². The zero-order valence-corrected chi connectivity index (χ0v) is 10.4. The fraction of sp³-hybridized carbons (Fsp3) is 0.364. The van der Waals surface area contributed by atoms with Crippen LogP contribution >= 0.6 is 22.6 Å². The number of carboxylic acid groups (broad SMARTS) is 1. The van der Waals surface area contributed by atoms with Crippen molar-refractivity contribution in [2.75, 3.05) is 0 Å². The van der Waals surface area contributed by atoms with Gasteiger partial charge in [0.2, 0.25) is 0 Å². The molecule has 0 saturated carbocycles. The van der Waals surface area contributed by atoms with Crippen molar-refractivity contribution in [1.29, 1.82) is 0 Å². The minimum atomic E-state index is -0.762. The molecule has 1 aromatic rings. The highest BCUT2D eigenvalue weighted by molar-refractivity contribution is 14.1. The van der Waals surface area contributed by atoms with Crippen LogP contribution in [0.15, 0.2) is 18.2 Å². The summed E-state index contributed by atoms with van der Waals surface area (Å²) in [6, 6.07) is 5.98. The average Bonchev–Trinajstić information content (AvgIpc) is 2.16. The average molecular weight is 304 g/mol. The van der Waals surface area contributed by atoms with Crippen LogP contribution in [0.2, 0.25) is 0 Å². The fourth-order valence-electron chi connectivity index (χ4n) is 1.42. The molecule has 1 atom stereocenters. The van der Waals surface area contributed by atoms with Gasteiger partial charge in [0.1, 0.15) is 0 Å². The van der Waals surface area contributed by atoms with E-state index in [1.54, 1.807) is 6.92 Å². The molecule has 0 amide bonds. The summed E-state index contributed by atoms with van der Waals surface area (Å²) < 4.78 is 1.09. The van der Waals surface area contributed by atoms with Crippen molar-refractivity contribution in [2.24, 2.45) is 0 Å². The van der Waals surface area contributed by atoms with E-state index < -0.39 is 11.9 Å². The molecule has 0 aromatic heterocycles. The van der Waals surface area contributed by atoms with Gasteiger partial charge < -0.3 is 5.11 Å². The summed E-state index contributed by atoms with van der Waals surface area (Å²) in [6.07, 6.45) is 0.879. The molecule has 1 unspecified atom stereocenters. The third-order valence-electron chi connectivity index (χ3n) is 2.33. The third kappa shape index (κ3) is 2.47. The van der Waals surface area contributed by atoms with Crippen LogP contribution in [0.1, 0.15) is 30.9 Å². The molecule has 0 radical (unpaired) electrons. The molecule has 3 heteroatoms. The maximum Gasteiger partial charge on any atom is 0.310 e.